The number of rotatable bonds is 3. The van der Waals surface area contributed by atoms with Gasteiger partial charge in [0.15, 0.2) is 0 Å². The van der Waals surface area contributed by atoms with E-state index in [0.29, 0.717) is 44.9 Å². The zero-order valence-corrected chi connectivity index (χ0v) is 14.6. The van der Waals surface area contributed by atoms with Crippen LogP contribution in [-0.2, 0) is 20.9 Å². The Balaban J connectivity index is 1.74. The number of pyridine rings is 1. The zero-order chi connectivity index (χ0) is 18.2. The van der Waals surface area contributed by atoms with Gasteiger partial charge in [-0.1, -0.05) is 0 Å². The van der Waals surface area contributed by atoms with Crippen LogP contribution in [0.15, 0.2) is 17.0 Å². The Morgan fingerprint density at radius 1 is 1.20 bits per heavy atom. The van der Waals surface area contributed by atoms with Crippen molar-refractivity contribution < 1.29 is 26.3 Å². The summed E-state index contributed by atoms with van der Waals surface area (Å²) >= 11 is 0. The Morgan fingerprint density at radius 3 is 2.40 bits per heavy atom. The number of piperazine rings is 1. The number of nitrogens with zero attached hydrogens (tertiary/aromatic N) is 3. The van der Waals surface area contributed by atoms with Crippen LogP contribution in [-0.4, -0.2) is 68.0 Å². The van der Waals surface area contributed by atoms with Crippen LogP contribution in [0.1, 0.15) is 17.8 Å². The third-order valence-electron chi connectivity index (χ3n) is 4.64. The molecule has 0 aliphatic carbocycles. The van der Waals surface area contributed by atoms with Crippen molar-refractivity contribution in [1.29, 1.82) is 0 Å². The van der Waals surface area contributed by atoms with Crippen molar-refractivity contribution in [1.82, 2.24) is 14.2 Å². The Kier molecular flexibility index (Phi) is 5.06. The highest BCUT2D eigenvalue weighted by molar-refractivity contribution is 7.89. The van der Waals surface area contributed by atoms with Crippen molar-refractivity contribution in [2.24, 2.45) is 0 Å². The molecule has 1 unspecified atom stereocenters. The SMILES string of the molecule is Cc1nc(C(F)(F)F)ccc1S(=O)(=O)N1CCN(C2CCOC2)CC1. The van der Waals surface area contributed by atoms with Crippen LogP contribution in [0.25, 0.3) is 0 Å². The van der Waals surface area contributed by atoms with Crippen LogP contribution < -0.4 is 0 Å². The first kappa shape index (κ1) is 18.6. The van der Waals surface area contributed by atoms with Crippen molar-refractivity contribution in [3.63, 3.8) is 0 Å². The van der Waals surface area contributed by atoms with E-state index in [9.17, 15) is 21.6 Å². The number of hydrogen-bond donors (Lipinski definition) is 0. The summed E-state index contributed by atoms with van der Waals surface area (Å²) in [4.78, 5) is 5.46. The van der Waals surface area contributed by atoms with Gasteiger partial charge in [-0.2, -0.15) is 17.5 Å². The van der Waals surface area contributed by atoms with Crippen molar-refractivity contribution in [2.45, 2.75) is 30.5 Å². The molecule has 6 nitrogen and oxygen atoms in total. The summed E-state index contributed by atoms with van der Waals surface area (Å²) < 4.78 is 70.3. The normalized spacial score (nSPS) is 23.9. The number of alkyl halides is 3. The zero-order valence-electron chi connectivity index (χ0n) is 13.8. The fourth-order valence-electron chi connectivity index (χ4n) is 3.24. The van der Waals surface area contributed by atoms with Gasteiger partial charge >= 0.3 is 6.18 Å². The minimum atomic E-state index is -4.60. The molecule has 25 heavy (non-hydrogen) atoms. The van der Waals surface area contributed by atoms with Crippen molar-refractivity contribution >= 4 is 10.0 Å². The summed E-state index contributed by atoms with van der Waals surface area (Å²) in [6, 6.07) is 2.03. The summed E-state index contributed by atoms with van der Waals surface area (Å²) in [5.74, 6) is 0. The molecule has 1 atom stereocenters. The number of aryl methyl sites for hydroxylation is 1. The molecule has 0 spiro atoms. The van der Waals surface area contributed by atoms with Gasteiger partial charge in [-0.3, -0.25) is 4.90 Å². The first-order chi connectivity index (χ1) is 11.7. The maximum Gasteiger partial charge on any atom is 0.433 e. The van der Waals surface area contributed by atoms with Crippen LogP contribution >= 0.6 is 0 Å². The molecular weight excluding hydrogens is 359 g/mol. The van der Waals surface area contributed by atoms with Crippen molar-refractivity contribution in [2.75, 3.05) is 39.4 Å². The van der Waals surface area contributed by atoms with E-state index in [4.69, 9.17) is 4.74 Å². The highest BCUT2D eigenvalue weighted by Gasteiger charge is 2.36. The topological polar surface area (TPSA) is 62.7 Å². The van der Waals surface area contributed by atoms with E-state index in [1.807, 2.05) is 0 Å². The molecule has 0 saturated carbocycles. The molecule has 3 rings (SSSR count). The molecule has 2 fully saturated rings. The van der Waals surface area contributed by atoms with Gasteiger partial charge in [0.05, 0.1) is 12.3 Å². The van der Waals surface area contributed by atoms with Crippen molar-refractivity contribution in [3.05, 3.63) is 23.5 Å². The molecule has 0 radical (unpaired) electrons. The summed E-state index contributed by atoms with van der Waals surface area (Å²) in [5.41, 5.74) is -1.23. The third-order valence-corrected chi connectivity index (χ3v) is 6.67. The van der Waals surface area contributed by atoms with Gasteiger partial charge < -0.3 is 4.74 Å². The van der Waals surface area contributed by atoms with Crippen molar-refractivity contribution in [3.8, 4) is 0 Å². The van der Waals surface area contributed by atoms with Crippen LogP contribution in [0.2, 0.25) is 0 Å². The number of aromatic nitrogens is 1. The fraction of sp³-hybridized carbons (Fsp3) is 0.667. The second-order valence-electron chi connectivity index (χ2n) is 6.24. The molecule has 1 aromatic rings. The number of hydrogen-bond acceptors (Lipinski definition) is 5. The summed E-state index contributed by atoms with van der Waals surface area (Å²) in [5, 5.41) is 0. The molecule has 0 bridgehead atoms. The van der Waals surface area contributed by atoms with Gasteiger partial charge in [0.1, 0.15) is 10.6 Å². The lowest BCUT2D eigenvalue weighted by Crippen LogP contribution is -2.52. The Hall–Kier alpha value is -1.23. The molecule has 3 heterocycles. The van der Waals surface area contributed by atoms with Gasteiger partial charge in [0.2, 0.25) is 10.0 Å². The number of sulfonamides is 1. The Morgan fingerprint density at radius 2 is 1.88 bits per heavy atom. The molecule has 0 amide bonds. The monoisotopic (exact) mass is 379 g/mol. The predicted molar refractivity (Wildman–Crippen MR) is 83.5 cm³/mol. The lowest BCUT2D eigenvalue weighted by atomic mass is 10.2. The minimum Gasteiger partial charge on any atom is -0.380 e. The summed E-state index contributed by atoms with van der Waals surface area (Å²) in [6.07, 6.45) is -3.66. The largest absolute Gasteiger partial charge is 0.433 e. The second kappa shape index (κ2) is 6.82. The molecule has 0 aromatic carbocycles. The van der Waals surface area contributed by atoms with Crippen LogP contribution in [0, 0.1) is 6.92 Å². The molecular formula is C15H20F3N3O3S. The average molecular weight is 379 g/mol. The number of ether oxygens (including phenoxy) is 1. The first-order valence-corrected chi connectivity index (χ1v) is 9.50. The van der Waals surface area contributed by atoms with E-state index >= 15 is 0 Å². The third kappa shape index (κ3) is 3.81. The maximum atomic E-state index is 12.8. The Bertz CT molecular complexity index is 725. The van der Waals surface area contributed by atoms with E-state index in [-0.39, 0.29) is 10.6 Å². The summed E-state index contributed by atoms with van der Waals surface area (Å²) in [7, 11) is -3.86. The van der Waals surface area contributed by atoms with E-state index in [1.54, 1.807) is 0 Å². The molecule has 0 N–H and O–H groups in total. The average Bonchev–Trinajstić information content (AvgIpc) is 3.08. The molecule has 2 aliphatic rings. The smallest absolute Gasteiger partial charge is 0.380 e. The highest BCUT2D eigenvalue weighted by atomic mass is 32.2. The maximum absolute atomic E-state index is 12.8. The van der Waals surface area contributed by atoms with E-state index in [1.165, 1.54) is 11.2 Å². The lowest BCUT2D eigenvalue weighted by Gasteiger charge is -2.36. The standard InChI is InChI=1S/C15H20F3N3O3S/c1-11-13(2-3-14(19-11)15(16,17)18)25(22,23)21-7-5-20(6-8-21)12-4-9-24-10-12/h2-3,12H,4-10H2,1H3. The van der Waals surface area contributed by atoms with E-state index in [2.05, 4.69) is 9.88 Å². The fourth-order valence-corrected chi connectivity index (χ4v) is 4.82. The second-order valence-corrected chi connectivity index (χ2v) is 8.14. The quantitative estimate of drug-likeness (QED) is 0.797. The molecule has 2 saturated heterocycles. The van der Waals surface area contributed by atoms with Crippen LogP contribution in [0.3, 0.4) is 0 Å². The molecule has 1 aromatic heterocycles. The number of halogens is 3. The highest BCUT2D eigenvalue weighted by Crippen LogP contribution is 2.30. The summed E-state index contributed by atoms with van der Waals surface area (Å²) in [6.45, 7) is 4.45. The molecule has 10 heteroatoms. The lowest BCUT2D eigenvalue weighted by molar-refractivity contribution is -0.141. The van der Waals surface area contributed by atoms with Gasteiger partial charge in [0, 0.05) is 38.8 Å². The van der Waals surface area contributed by atoms with Crippen LogP contribution in [0.4, 0.5) is 13.2 Å². The van der Waals surface area contributed by atoms with E-state index in [0.717, 1.165) is 19.1 Å². The van der Waals surface area contributed by atoms with Gasteiger partial charge in [0.25, 0.3) is 0 Å². The van der Waals surface area contributed by atoms with Crippen LogP contribution in [0.5, 0.6) is 0 Å². The minimum absolute atomic E-state index is 0.138. The predicted octanol–water partition coefficient (Wildman–Crippen LogP) is 1.50. The Labute approximate surface area is 144 Å². The molecule has 140 valence electrons. The molecule has 2 aliphatic heterocycles. The van der Waals surface area contributed by atoms with E-state index < -0.39 is 21.9 Å². The van der Waals surface area contributed by atoms with Gasteiger partial charge in [-0.05, 0) is 25.5 Å². The first-order valence-electron chi connectivity index (χ1n) is 8.06. The van der Waals surface area contributed by atoms with Gasteiger partial charge in [-0.15, -0.1) is 0 Å². The van der Waals surface area contributed by atoms with Gasteiger partial charge in [-0.25, -0.2) is 13.4 Å².